The summed E-state index contributed by atoms with van der Waals surface area (Å²) in [5.41, 5.74) is 3.86. The van der Waals surface area contributed by atoms with Crippen molar-refractivity contribution in [2.75, 3.05) is 13.1 Å². The summed E-state index contributed by atoms with van der Waals surface area (Å²) in [7, 11) is 1.93. The molecule has 0 saturated carbocycles. The SMILES string of the molecule is Cn1ccnc1-c1cnc(C[C@@H]2CCCN(C(=O)c3ccnc(Cc4cccc(F)c4)c3)C2)cn1. The molecule has 5 rings (SSSR count). The van der Waals surface area contributed by atoms with Gasteiger partial charge < -0.3 is 9.47 Å². The number of hydrogen-bond donors (Lipinski definition) is 0. The molecule has 4 heterocycles. The molecule has 0 radical (unpaired) electrons. The molecule has 0 unspecified atom stereocenters. The molecule has 0 spiro atoms. The fraction of sp³-hybridized carbons (Fsp3) is 0.296. The third kappa shape index (κ3) is 5.42. The summed E-state index contributed by atoms with van der Waals surface area (Å²) in [6.07, 6.45) is 12.1. The van der Waals surface area contributed by atoms with Gasteiger partial charge in [0.2, 0.25) is 0 Å². The number of rotatable bonds is 6. The van der Waals surface area contributed by atoms with Gasteiger partial charge >= 0.3 is 0 Å². The zero-order valence-electron chi connectivity index (χ0n) is 19.6. The lowest BCUT2D eigenvalue weighted by Gasteiger charge is -2.32. The number of likely N-dealkylation sites (tertiary alicyclic amines) is 1. The van der Waals surface area contributed by atoms with Crippen LogP contribution in [0, 0.1) is 11.7 Å². The maximum atomic E-state index is 13.5. The second-order valence-corrected chi connectivity index (χ2v) is 9.06. The van der Waals surface area contributed by atoms with E-state index in [0.29, 0.717) is 24.4 Å². The van der Waals surface area contributed by atoms with Crippen LogP contribution in [-0.4, -0.2) is 48.4 Å². The van der Waals surface area contributed by atoms with Crippen LogP contribution in [0.4, 0.5) is 4.39 Å². The normalized spacial score (nSPS) is 15.8. The van der Waals surface area contributed by atoms with E-state index in [1.807, 2.05) is 41.0 Å². The second kappa shape index (κ2) is 10.1. The van der Waals surface area contributed by atoms with Gasteiger partial charge in [-0.3, -0.25) is 14.8 Å². The lowest BCUT2D eigenvalue weighted by atomic mass is 9.93. The highest BCUT2D eigenvalue weighted by atomic mass is 19.1. The maximum absolute atomic E-state index is 13.5. The average molecular weight is 471 g/mol. The molecule has 1 amide bonds. The number of nitrogens with zero attached hydrogens (tertiary/aromatic N) is 6. The van der Waals surface area contributed by atoms with Gasteiger partial charge in [-0.1, -0.05) is 12.1 Å². The summed E-state index contributed by atoms with van der Waals surface area (Å²) >= 11 is 0. The van der Waals surface area contributed by atoms with Gasteiger partial charge in [0.1, 0.15) is 11.5 Å². The highest BCUT2D eigenvalue weighted by Gasteiger charge is 2.25. The van der Waals surface area contributed by atoms with Crippen LogP contribution in [0.5, 0.6) is 0 Å². The Labute approximate surface area is 203 Å². The lowest BCUT2D eigenvalue weighted by molar-refractivity contribution is 0.0672. The molecule has 4 aromatic rings. The molecule has 0 bridgehead atoms. The number of imidazole rings is 1. The number of hydrogen-bond acceptors (Lipinski definition) is 5. The smallest absolute Gasteiger partial charge is 0.253 e. The predicted molar refractivity (Wildman–Crippen MR) is 130 cm³/mol. The Morgan fingerprint density at radius 3 is 2.74 bits per heavy atom. The molecule has 178 valence electrons. The fourth-order valence-corrected chi connectivity index (χ4v) is 4.65. The first-order valence-electron chi connectivity index (χ1n) is 11.8. The van der Waals surface area contributed by atoms with Crippen LogP contribution in [0.15, 0.2) is 67.4 Å². The lowest BCUT2D eigenvalue weighted by Crippen LogP contribution is -2.40. The highest BCUT2D eigenvalue weighted by molar-refractivity contribution is 5.94. The molecule has 35 heavy (non-hydrogen) atoms. The molecule has 3 aromatic heterocycles. The molecule has 1 aliphatic heterocycles. The molecule has 7 nitrogen and oxygen atoms in total. The molecule has 0 N–H and O–H groups in total. The zero-order valence-corrected chi connectivity index (χ0v) is 19.6. The summed E-state index contributed by atoms with van der Waals surface area (Å²) in [6.45, 7) is 1.42. The van der Waals surface area contributed by atoms with Crippen LogP contribution >= 0.6 is 0 Å². The van der Waals surface area contributed by atoms with Gasteiger partial charge in [-0.2, -0.15) is 0 Å². The van der Waals surface area contributed by atoms with E-state index in [-0.39, 0.29) is 11.7 Å². The Bertz CT molecular complexity index is 1320. The third-order valence-corrected chi connectivity index (χ3v) is 6.40. The van der Waals surface area contributed by atoms with Crippen LogP contribution in [0.1, 0.15) is 40.2 Å². The Hall–Kier alpha value is -3.94. The molecule has 1 aliphatic rings. The summed E-state index contributed by atoms with van der Waals surface area (Å²) in [5, 5.41) is 0. The number of carbonyl (C=O) groups excluding carboxylic acids is 1. The van der Waals surface area contributed by atoms with Crippen molar-refractivity contribution in [2.24, 2.45) is 13.0 Å². The summed E-state index contributed by atoms with van der Waals surface area (Å²) in [6, 6.07) is 10.0. The van der Waals surface area contributed by atoms with Crippen LogP contribution in [0.25, 0.3) is 11.5 Å². The first-order chi connectivity index (χ1) is 17.0. The van der Waals surface area contributed by atoms with E-state index in [4.69, 9.17) is 0 Å². The second-order valence-electron chi connectivity index (χ2n) is 9.06. The standard InChI is InChI=1S/C27H27FN6O/c1-33-11-9-30-26(33)25-17-31-24(16-32-25)14-20-5-3-10-34(18-20)27(35)21-7-8-29-23(15-21)13-19-4-2-6-22(28)12-19/h2,4,6-9,11-12,15-17,20H,3,5,10,13-14,18H2,1H3/t20-/m0/s1. The first-order valence-corrected chi connectivity index (χ1v) is 11.8. The average Bonchev–Trinajstić information content (AvgIpc) is 3.30. The van der Waals surface area contributed by atoms with Crippen molar-refractivity contribution in [3.05, 3.63) is 95.7 Å². The monoisotopic (exact) mass is 470 g/mol. The van der Waals surface area contributed by atoms with Crippen LogP contribution in [0.3, 0.4) is 0 Å². The first kappa shape index (κ1) is 22.8. The van der Waals surface area contributed by atoms with Crippen LogP contribution in [0.2, 0.25) is 0 Å². The van der Waals surface area contributed by atoms with Gasteiger partial charge in [0.15, 0.2) is 5.82 Å². The van der Waals surface area contributed by atoms with E-state index in [0.717, 1.165) is 54.3 Å². The van der Waals surface area contributed by atoms with Gasteiger partial charge in [0.25, 0.3) is 5.91 Å². The number of piperidine rings is 1. The Morgan fingerprint density at radius 2 is 1.97 bits per heavy atom. The van der Waals surface area contributed by atoms with Crippen molar-refractivity contribution in [1.82, 2.24) is 29.4 Å². The third-order valence-electron chi connectivity index (χ3n) is 6.40. The summed E-state index contributed by atoms with van der Waals surface area (Å²) < 4.78 is 15.4. The minimum Gasteiger partial charge on any atom is -0.338 e. The van der Waals surface area contributed by atoms with Crippen molar-refractivity contribution in [2.45, 2.75) is 25.7 Å². The molecule has 8 heteroatoms. The maximum Gasteiger partial charge on any atom is 0.253 e. The van der Waals surface area contributed by atoms with E-state index in [1.165, 1.54) is 12.1 Å². The molecular formula is C27H27FN6O. The van der Waals surface area contributed by atoms with E-state index in [2.05, 4.69) is 19.9 Å². The number of halogens is 1. The summed E-state index contributed by atoms with van der Waals surface area (Å²) in [4.78, 5) is 33.0. The quantitative estimate of drug-likeness (QED) is 0.424. The molecule has 1 atom stereocenters. The van der Waals surface area contributed by atoms with E-state index < -0.39 is 0 Å². The number of aromatic nitrogens is 5. The topological polar surface area (TPSA) is 76.8 Å². The Kier molecular flexibility index (Phi) is 6.61. The van der Waals surface area contributed by atoms with Crippen molar-refractivity contribution in [1.29, 1.82) is 0 Å². The zero-order chi connectivity index (χ0) is 24.2. The van der Waals surface area contributed by atoms with Gasteiger partial charge in [-0.15, -0.1) is 0 Å². The molecule has 1 saturated heterocycles. The van der Waals surface area contributed by atoms with Crippen molar-refractivity contribution >= 4 is 5.91 Å². The molecule has 0 aliphatic carbocycles. The Morgan fingerprint density at radius 1 is 1.06 bits per heavy atom. The van der Waals surface area contributed by atoms with Gasteiger partial charge in [-0.05, 0) is 55.0 Å². The Balaban J connectivity index is 1.23. The molecular weight excluding hydrogens is 443 g/mol. The largest absolute Gasteiger partial charge is 0.338 e. The van der Waals surface area contributed by atoms with E-state index >= 15 is 0 Å². The van der Waals surface area contributed by atoms with Gasteiger partial charge in [-0.25, -0.2) is 14.4 Å². The number of carbonyl (C=O) groups is 1. The number of amides is 1. The van der Waals surface area contributed by atoms with Crippen LogP contribution in [-0.2, 0) is 19.9 Å². The number of aryl methyl sites for hydroxylation is 1. The van der Waals surface area contributed by atoms with Crippen molar-refractivity contribution < 1.29 is 9.18 Å². The van der Waals surface area contributed by atoms with Gasteiger partial charge in [0.05, 0.1) is 11.9 Å². The van der Waals surface area contributed by atoms with Crippen molar-refractivity contribution in [3.8, 4) is 11.5 Å². The number of pyridine rings is 1. The minimum absolute atomic E-state index is 0.00815. The number of benzene rings is 1. The van der Waals surface area contributed by atoms with E-state index in [1.54, 1.807) is 30.7 Å². The van der Waals surface area contributed by atoms with Gasteiger partial charge in [0, 0.05) is 62.6 Å². The van der Waals surface area contributed by atoms with Crippen LogP contribution < -0.4 is 0 Å². The predicted octanol–water partition coefficient (Wildman–Crippen LogP) is 4.10. The summed E-state index contributed by atoms with van der Waals surface area (Å²) in [5.74, 6) is 0.848. The minimum atomic E-state index is -0.273. The fourth-order valence-electron chi connectivity index (χ4n) is 4.65. The molecule has 1 aromatic carbocycles. The highest BCUT2D eigenvalue weighted by Crippen LogP contribution is 2.23. The van der Waals surface area contributed by atoms with E-state index in [9.17, 15) is 9.18 Å². The molecule has 1 fully saturated rings. The van der Waals surface area contributed by atoms with Crippen molar-refractivity contribution in [3.63, 3.8) is 0 Å².